The molecule has 17 heavy (non-hydrogen) atoms. The van der Waals surface area contributed by atoms with Crippen molar-refractivity contribution in [1.82, 2.24) is 0 Å². The van der Waals surface area contributed by atoms with E-state index in [0.717, 1.165) is 17.4 Å². The first-order valence-corrected chi connectivity index (χ1v) is 6.16. The van der Waals surface area contributed by atoms with Gasteiger partial charge in [0.1, 0.15) is 11.8 Å². The molecule has 0 aliphatic heterocycles. The summed E-state index contributed by atoms with van der Waals surface area (Å²) in [4.78, 5) is 0. The fourth-order valence-corrected chi connectivity index (χ4v) is 2.34. The molecule has 0 heterocycles. The van der Waals surface area contributed by atoms with E-state index in [1.165, 1.54) is 19.3 Å². The summed E-state index contributed by atoms with van der Waals surface area (Å²) in [6.45, 7) is 2.40. The maximum Gasteiger partial charge on any atom is 0.174 e. The van der Waals surface area contributed by atoms with E-state index in [-0.39, 0.29) is 6.61 Å². The zero-order chi connectivity index (χ0) is 12.1. The Morgan fingerprint density at radius 2 is 2.12 bits per heavy atom. The SMILES string of the molecule is CC1CCCC1Nc1ccc(OCC#N)cc1. The van der Waals surface area contributed by atoms with Crippen LogP contribution in [-0.2, 0) is 0 Å². The zero-order valence-corrected chi connectivity index (χ0v) is 10.1. The molecule has 1 fully saturated rings. The summed E-state index contributed by atoms with van der Waals surface area (Å²) >= 11 is 0. The molecule has 1 saturated carbocycles. The minimum Gasteiger partial charge on any atom is -0.479 e. The van der Waals surface area contributed by atoms with Crippen LogP contribution in [0.15, 0.2) is 24.3 Å². The van der Waals surface area contributed by atoms with Gasteiger partial charge in [0.05, 0.1) is 0 Å². The van der Waals surface area contributed by atoms with Crippen LogP contribution < -0.4 is 10.1 Å². The summed E-state index contributed by atoms with van der Waals surface area (Å²) in [5, 5.41) is 12.0. The second-order valence-electron chi connectivity index (χ2n) is 4.63. The van der Waals surface area contributed by atoms with Gasteiger partial charge in [-0.15, -0.1) is 0 Å². The van der Waals surface area contributed by atoms with Crippen LogP contribution in [0.2, 0.25) is 0 Å². The van der Waals surface area contributed by atoms with Gasteiger partial charge in [-0.3, -0.25) is 0 Å². The highest BCUT2D eigenvalue weighted by Gasteiger charge is 2.22. The lowest BCUT2D eigenvalue weighted by Crippen LogP contribution is -2.21. The number of benzene rings is 1. The van der Waals surface area contributed by atoms with Gasteiger partial charge in [-0.1, -0.05) is 13.3 Å². The maximum absolute atomic E-state index is 8.41. The van der Waals surface area contributed by atoms with E-state index in [9.17, 15) is 0 Å². The fraction of sp³-hybridized carbons (Fsp3) is 0.500. The predicted octanol–water partition coefficient (Wildman–Crippen LogP) is 3.19. The number of nitrogens with zero attached hydrogens (tertiary/aromatic N) is 1. The second-order valence-corrected chi connectivity index (χ2v) is 4.63. The van der Waals surface area contributed by atoms with Gasteiger partial charge in [-0.05, 0) is 43.0 Å². The number of nitrogens with one attached hydrogen (secondary N) is 1. The Morgan fingerprint density at radius 3 is 2.71 bits per heavy atom. The lowest BCUT2D eigenvalue weighted by molar-refractivity contribution is 0.368. The molecule has 1 aliphatic carbocycles. The number of rotatable bonds is 4. The zero-order valence-electron chi connectivity index (χ0n) is 10.1. The fourth-order valence-electron chi connectivity index (χ4n) is 2.34. The van der Waals surface area contributed by atoms with E-state index in [1.54, 1.807) is 0 Å². The first-order chi connectivity index (χ1) is 8.29. The Hall–Kier alpha value is -1.69. The summed E-state index contributed by atoms with van der Waals surface area (Å²) in [5.74, 6) is 1.50. The minimum atomic E-state index is 0.104. The summed E-state index contributed by atoms with van der Waals surface area (Å²) in [6.07, 6.45) is 3.90. The summed E-state index contributed by atoms with van der Waals surface area (Å²) in [6, 6.07) is 10.4. The Labute approximate surface area is 102 Å². The molecule has 0 radical (unpaired) electrons. The molecule has 0 aromatic heterocycles. The molecule has 2 rings (SSSR count). The van der Waals surface area contributed by atoms with Crippen molar-refractivity contribution in [3.05, 3.63) is 24.3 Å². The third-order valence-electron chi connectivity index (χ3n) is 3.37. The Bertz CT molecular complexity index is 394. The van der Waals surface area contributed by atoms with Crippen molar-refractivity contribution in [3.8, 4) is 11.8 Å². The number of hydrogen-bond acceptors (Lipinski definition) is 3. The first-order valence-electron chi connectivity index (χ1n) is 6.16. The predicted molar refractivity (Wildman–Crippen MR) is 68.0 cm³/mol. The van der Waals surface area contributed by atoms with E-state index < -0.39 is 0 Å². The Morgan fingerprint density at radius 1 is 1.35 bits per heavy atom. The monoisotopic (exact) mass is 230 g/mol. The van der Waals surface area contributed by atoms with Crippen molar-refractivity contribution in [2.45, 2.75) is 32.2 Å². The van der Waals surface area contributed by atoms with Crippen LogP contribution in [0.3, 0.4) is 0 Å². The van der Waals surface area contributed by atoms with Gasteiger partial charge in [-0.2, -0.15) is 5.26 Å². The number of nitriles is 1. The Kier molecular flexibility index (Phi) is 3.87. The summed E-state index contributed by atoms with van der Waals surface area (Å²) in [5.41, 5.74) is 1.13. The van der Waals surface area contributed by atoms with Crippen molar-refractivity contribution in [2.75, 3.05) is 11.9 Å². The van der Waals surface area contributed by atoms with Gasteiger partial charge in [0, 0.05) is 11.7 Å². The summed E-state index contributed by atoms with van der Waals surface area (Å²) < 4.78 is 5.21. The van der Waals surface area contributed by atoms with Crippen molar-refractivity contribution in [3.63, 3.8) is 0 Å². The first kappa shape index (κ1) is 11.8. The lowest BCUT2D eigenvalue weighted by Gasteiger charge is -2.18. The van der Waals surface area contributed by atoms with Crippen LogP contribution in [0.1, 0.15) is 26.2 Å². The molecule has 3 heteroatoms. The van der Waals surface area contributed by atoms with Crippen molar-refractivity contribution < 1.29 is 4.74 Å². The van der Waals surface area contributed by atoms with Crippen LogP contribution in [0.5, 0.6) is 5.75 Å². The van der Waals surface area contributed by atoms with Gasteiger partial charge < -0.3 is 10.1 Å². The van der Waals surface area contributed by atoms with Crippen LogP contribution in [0.4, 0.5) is 5.69 Å². The highest BCUT2D eigenvalue weighted by molar-refractivity contribution is 5.47. The number of hydrogen-bond donors (Lipinski definition) is 1. The quantitative estimate of drug-likeness (QED) is 0.864. The van der Waals surface area contributed by atoms with E-state index in [0.29, 0.717) is 6.04 Å². The Balaban J connectivity index is 1.91. The van der Waals surface area contributed by atoms with Gasteiger partial charge in [0.25, 0.3) is 0 Å². The molecule has 0 spiro atoms. The molecule has 0 bridgehead atoms. The summed E-state index contributed by atoms with van der Waals surface area (Å²) in [7, 11) is 0. The average molecular weight is 230 g/mol. The molecule has 0 saturated heterocycles. The van der Waals surface area contributed by atoms with Crippen LogP contribution >= 0.6 is 0 Å². The maximum atomic E-state index is 8.41. The van der Waals surface area contributed by atoms with E-state index >= 15 is 0 Å². The van der Waals surface area contributed by atoms with Gasteiger partial charge in [0.15, 0.2) is 6.61 Å². The molecule has 2 unspecified atom stereocenters. The van der Waals surface area contributed by atoms with Crippen LogP contribution in [0, 0.1) is 17.2 Å². The van der Waals surface area contributed by atoms with Crippen LogP contribution in [-0.4, -0.2) is 12.6 Å². The molecule has 2 atom stereocenters. The molecule has 1 aromatic carbocycles. The third kappa shape index (κ3) is 3.13. The topological polar surface area (TPSA) is 45.0 Å². The number of anilines is 1. The highest BCUT2D eigenvalue weighted by Crippen LogP contribution is 2.28. The van der Waals surface area contributed by atoms with Crippen molar-refractivity contribution >= 4 is 5.69 Å². The standard InChI is InChI=1S/C14H18N2O/c1-11-3-2-4-14(11)16-12-5-7-13(8-6-12)17-10-9-15/h5-8,11,14,16H,2-4,10H2,1H3. The third-order valence-corrected chi connectivity index (χ3v) is 3.37. The van der Waals surface area contributed by atoms with E-state index in [4.69, 9.17) is 10.00 Å². The molecule has 3 nitrogen and oxygen atoms in total. The average Bonchev–Trinajstić information content (AvgIpc) is 2.74. The number of ether oxygens (including phenoxy) is 1. The highest BCUT2D eigenvalue weighted by atomic mass is 16.5. The van der Waals surface area contributed by atoms with Crippen molar-refractivity contribution in [2.24, 2.45) is 5.92 Å². The smallest absolute Gasteiger partial charge is 0.174 e. The van der Waals surface area contributed by atoms with Crippen molar-refractivity contribution in [1.29, 1.82) is 5.26 Å². The van der Waals surface area contributed by atoms with E-state index in [1.807, 2.05) is 30.3 Å². The van der Waals surface area contributed by atoms with Gasteiger partial charge in [-0.25, -0.2) is 0 Å². The molecular formula is C14H18N2O. The normalized spacial score (nSPS) is 23.1. The largest absolute Gasteiger partial charge is 0.479 e. The second kappa shape index (κ2) is 5.58. The molecule has 0 amide bonds. The molecule has 1 aliphatic rings. The molecule has 1 aromatic rings. The molecular weight excluding hydrogens is 212 g/mol. The van der Waals surface area contributed by atoms with Gasteiger partial charge in [0.2, 0.25) is 0 Å². The van der Waals surface area contributed by atoms with Crippen LogP contribution in [0.25, 0.3) is 0 Å². The van der Waals surface area contributed by atoms with E-state index in [2.05, 4.69) is 12.2 Å². The minimum absolute atomic E-state index is 0.104. The van der Waals surface area contributed by atoms with Gasteiger partial charge >= 0.3 is 0 Å². The molecule has 90 valence electrons. The molecule has 1 N–H and O–H groups in total. The lowest BCUT2D eigenvalue weighted by atomic mass is 10.1.